The fraction of sp³-hybridized carbons (Fsp3) is 0.476. The lowest BCUT2D eigenvalue weighted by atomic mass is 10.0. The Labute approximate surface area is 195 Å². The van der Waals surface area contributed by atoms with E-state index in [0.29, 0.717) is 12.0 Å². The molecule has 0 radical (unpaired) electrons. The van der Waals surface area contributed by atoms with Crippen molar-refractivity contribution in [2.75, 3.05) is 13.2 Å². The number of rotatable bonds is 11. The highest BCUT2D eigenvalue weighted by Gasteiger charge is 2.39. The quantitative estimate of drug-likeness (QED) is 0.173. The zero-order valence-electron chi connectivity index (χ0n) is 18.3. The van der Waals surface area contributed by atoms with Gasteiger partial charge < -0.3 is 42.3 Å². The van der Waals surface area contributed by atoms with Crippen LogP contribution >= 0.6 is 0 Å². The smallest absolute Gasteiger partial charge is 0.326 e. The predicted molar refractivity (Wildman–Crippen MR) is 117 cm³/mol. The zero-order valence-corrected chi connectivity index (χ0v) is 18.3. The number of nitrogens with two attached hydrogens (primary N) is 2. The summed E-state index contributed by atoms with van der Waals surface area (Å²) >= 11 is 0. The number of carbonyl (C=O) groups is 5. The van der Waals surface area contributed by atoms with Crippen molar-refractivity contribution in [1.29, 1.82) is 0 Å². The molecule has 0 saturated carbocycles. The van der Waals surface area contributed by atoms with E-state index in [9.17, 15) is 34.2 Å². The number of amides is 4. The van der Waals surface area contributed by atoms with Gasteiger partial charge in [0.25, 0.3) is 0 Å². The monoisotopic (exact) mass is 479 g/mol. The molecular weight excluding hydrogens is 450 g/mol. The topological polar surface area (TPSA) is 225 Å². The molecule has 1 saturated heterocycles. The van der Waals surface area contributed by atoms with E-state index in [1.54, 1.807) is 0 Å². The molecule has 9 N–H and O–H groups in total. The molecule has 0 bridgehead atoms. The summed E-state index contributed by atoms with van der Waals surface area (Å²) in [4.78, 5) is 62.3. The van der Waals surface area contributed by atoms with Crippen molar-refractivity contribution in [2.24, 2.45) is 11.5 Å². The average Bonchev–Trinajstić information content (AvgIpc) is 3.28. The lowest BCUT2D eigenvalue weighted by molar-refractivity contribution is -0.145. The maximum absolute atomic E-state index is 13.1. The van der Waals surface area contributed by atoms with E-state index >= 15 is 0 Å². The number of hydrogen-bond donors (Lipinski definition) is 7. The first kappa shape index (κ1) is 26.5. The van der Waals surface area contributed by atoms with Crippen LogP contribution in [0.25, 0.3) is 0 Å². The van der Waals surface area contributed by atoms with Gasteiger partial charge >= 0.3 is 5.97 Å². The number of aliphatic hydroxyl groups is 1. The highest BCUT2D eigenvalue weighted by atomic mass is 16.4. The number of aromatic hydroxyl groups is 1. The van der Waals surface area contributed by atoms with Crippen LogP contribution in [0.2, 0.25) is 0 Å². The van der Waals surface area contributed by atoms with Crippen LogP contribution in [-0.2, 0) is 30.4 Å². The first-order chi connectivity index (χ1) is 16.0. The van der Waals surface area contributed by atoms with E-state index in [1.807, 2.05) is 0 Å². The summed E-state index contributed by atoms with van der Waals surface area (Å²) < 4.78 is 0. The summed E-state index contributed by atoms with van der Waals surface area (Å²) in [6.07, 6.45) is 0.0804. The summed E-state index contributed by atoms with van der Waals surface area (Å²) in [5.41, 5.74) is 11.2. The Morgan fingerprint density at radius 1 is 1.09 bits per heavy atom. The van der Waals surface area contributed by atoms with Gasteiger partial charge in [-0.1, -0.05) is 12.1 Å². The molecule has 0 aromatic heterocycles. The van der Waals surface area contributed by atoms with E-state index < -0.39 is 66.8 Å². The van der Waals surface area contributed by atoms with Gasteiger partial charge in [-0.15, -0.1) is 0 Å². The normalized spacial score (nSPS) is 17.9. The Morgan fingerprint density at radius 2 is 1.74 bits per heavy atom. The van der Waals surface area contributed by atoms with Gasteiger partial charge in [0.2, 0.25) is 23.6 Å². The maximum Gasteiger partial charge on any atom is 0.326 e. The number of phenols is 1. The molecule has 186 valence electrons. The molecule has 13 heteroatoms. The van der Waals surface area contributed by atoms with Crippen molar-refractivity contribution < 1.29 is 39.3 Å². The Hall–Kier alpha value is -3.71. The minimum atomic E-state index is -1.40. The Balaban J connectivity index is 2.13. The van der Waals surface area contributed by atoms with E-state index in [-0.39, 0.29) is 25.1 Å². The molecule has 2 rings (SSSR count). The molecule has 4 atom stereocenters. The minimum absolute atomic E-state index is 0.0114. The third kappa shape index (κ3) is 7.15. The van der Waals surface area contributed by atoms with Crippen LogP contribution in [0.15, 0.2) is 24.3 Å². The molecule has 4 unspecified atom stereocenters. The van der Waals surface area contributed by atoms with Crippen LogP contribution in [0.1, 0.15) is 24.8 Å². The van der Waals surface area contributed by atoms with Crippen molar-refractivity contribution in [1.82, 2.24) is 15.5 Å². The third-order valence-corrected chi connectivity index (χ3v) is 5.38. The molecule has 0 aliphatic carbocycles. The molecular formula is C21H29N5O8. The maximum atomic E-state index is 13.1. The Bertz CT molecular complexity index is 922. The van der Waals surface area contributed by atoms with Crippen molar-refractivity contribution >= 4 is 29.6 Å². The number of benzene rings is 1. The lowest BCUT2D eigenvalue weighted by Gasteiger charge is -2.29. The van der Waals surface area contributed by atoms with Crippen molar-refractivity contribution in [2.45, 2.75) is 49.9 Å². The molecule has 1 aromatic rings. The molecule has 34 heavy (non-hydrogen) atoms. The number of nitrogens with one attached hydrogen (secondary N) is 2. The standard InChI is InChI=1S/C21H29N5O8/c22-13(10-27)18(30)24-14(9-17(23)29)20(32)26-7-1-2-16(26)19(31)25-15(21(33)34)8-11-3-5-12(28)6-4-11/h3-6,13-16,27-28H,1-2,7-10,22H2,(H2,23,29)(H,24,30)(H,25,31)(H,33,34). The fourth-order valence-corrected chi connectivity index (χ4v) is 3.60. The second-order valence-electron chi connectivity index (χ2n) is 7.98. The highest BCUT2D eigenvalue weighted by molar-refractivity contribution is 5.96. The summed E-state index contributed by atoms with van der Waals surface area (Å²) in [5.74, 6) is -4.47. The van der Waals surface area contributed by atoms with Crippen LogP contribution in [0.5, 0.6) is 5.75 Å². The predicted octanol–water partition coefficient (Wildman–Crippen LogP) is -2.83. The van der Waals surface area contributed by atoms with Crippen LogP contribution in [0.3, 0.4) is 0 Å². The van der Waals surface area contributed by atoms with Crippen molar-refractivity contribution in [3.8, 4) is 5.75 Å². The number of aliphatic carboxylic acids is 1. The van der Waals surface area contributed by atoms with Crippen molar-refractivity contribution in [3.05, 3.63) is 29.8 Å². The fourth-order valence-electron chi connectivity index (χ4n) is 3.60. The van der Waals surface area contributed by atoms with Gasteiger partial charge in [0, 0.05) is 13.0 Å². The number of phenolic OH excluding ortho intramolecular Hbond substituents is 1. The van der Waals surface area contributed by atoms with Crippen LogP contribution < -0.4 is 22.1 Å². The number of carbonyl (C=O) groups excluding carboxylic acids is 4. The molecule has 1 aliphatic rings. The van der Waals surface area contributed by atoms with E-state index in [4.69, 9.17) is 16.6 Å². The van der Waals surface area contributed by atoms with Crippen molar-refractivity contribution in [3.63, 3.8) is 0 Å². The third-order valence-electron chi connectivity index (χ3n) is 5.38. The number of nitrogens with zero attached hydrogens (tertiary/aromatic N) is 1. The lowest BCUT2D eigenvalue weighted by Crippen LogP contribution is -2.58. The van der Waals surface area contributed by atoms with E-state index in [0.717, 1.165) is 4.90 Å². The highest BCUT2D eigenvalue weighted by Crippen LogP contribution is 2.20. The van der Waals surface area contributed by atoms with Crippen LogP contribution in [0, 0.1) is 0 Å². The molecule has 4 amide bonds. The number of carboxylic acid groups (broad SMARTS) is 1. The van der Waals surface area contributed by atoms with E-state index in [1.165, 1.54) is 24.3 Å². The van der Waals surface area contributed by atoms with Gasteiger partial charge in [0.05, 0.1) is 13.0 Å². The number of likely N-dealkylation sites (tertiary alicyclic amines) is 1. The number of primary amides is 1. The number of carboxylic acids is 1. The average molecular weight is 479 g/mol. The van der Waals surface area contributed by atoms with Crippen LogP contribution in [0.4, 0.5) is 0 Å². The van der Waals surface area contributed by atoms with Gasteiger partial charge in [-0.05, 0) is 30.5 Å². The molecule has 13 nitrogen and oxygen atoms in total. The SMILES string of the molecule is NC(=O)CC(NC(=O)C(N)CO)C(=O)N1CCCC1C(=O)NC(Cc1ccc(O)cc1)C(=O)O. The summed E-state index contributed by atoms with van der Waals surface area (Å²) in [6.45, 7) is -0.542. The number of hydrogen-bond acceptors (Lipinski definition) is 8. The second-order valence-corrected chi connectivity index (χ2v) is 7.98. The summed E-state index contributed by atoms with van der Waals surface area (Å²) in [5, 5.41) is 32.6. The van der Waals surface area contributed by atoms with Gasteiger partial charge in [0.15, 0.2) is 0 Å². The molecule has 1 aromatic carbocycles. The van der Waals surface area contributed by atoms with Gasteiger partial charge in [-0.2, -0.15) is 0 Å². The second kappa shape index (κ2) is 12.0. The molecule has 1 fully saturated rings. The van der Waals surface area contributed by atoms with Gasteiger partial charge in [-0.25, -0.2) is 4.79 Å². The Morgan fingerprint density at radius 3 is 2.29 bits per heavy atom. The number of aliphatic hydroxyl groups excluding tert-OH is 1. The summed E-state index contributed by atoms with van der Waals surface area (Å²) in [7, 11) is 0. The first-order valence-electron chi connectivity index (χ1n) is 10.6. The van der Waals surface area contributed by atoms with E-state index in [2.05, 4.69) is 10.6 Å². The van der Waals surface area contributed by atoms with Gasteiger partial charge in [-0.3, -0.25) is 19.2 Å². The minimum Gasteiger partial charge on any atom is -0.508 e. The first-order valence-corrected chi connectivity index (χ1v) is 10.6. The Kier molecular flexibility index (Phi) is 9.33. The van der Waals surface area contributed by atoms with Crippen LogP contribution in [-0.4, -0.2) is 87.1 Å². The summed E-state index contributed by atoms with van der Waals surface area (Å²) in [6, 6.07) is 0.798. The zero-order chi connectivity index (χ0) is 25.4. The largest absolute Gasteiger partial charge is 0.508 e. The molecule has 1 aliphatic heterocycles. The van der Waals surface area contributed by atoms with Gasteiger partial charge in [0.1, 0.15) is 29.9 Å². The molecule has 0 spiro atoms. The molecule has 1 heterocycles.